The lowest BCUT2D eigenvalue weighted by Crippen LogP contribution is -2.29. The second kappa shape index (κ2) is 3.94. The first-order valence-corrected chi connectivity index (χ1v) is 6.23. The van der Waals surface area contributed by atoms with E-state index in [9.17, 15) is 10.2 Å². The molecular formula is C16H16O2. The molecule has 2 aromatic carbocycles. The molecule has 92 valence electrons. The molecule has 0 bridgehead atoms. The predicted octanol–water partition coefficient (Wildman–Crippen LogP) is 2.67. The van der Waals surface area contributed by atoms with E-state index in [1.54, 1.807) is 6.92 Å². The molecule has 0 heterocycles. The van der Waals surface area contributed by atoms with E-state index in [0.717, 1.165) is 22.3 Å². The minimum Gasteiger partial charge on any atom is -0.393 e. The van der Waals surface area contributed by atoms with Gasteiger partial charge in [0.05, 0.1) is 6.10 Å². The van der Waals surface area contributed by atoms with Gasteiger partial charge >= 0.3 is 0 Å². The molecule has 0 unspecified atom stereocenters. The topological polar surface area (TPSA) is 40.5 Å². The molecule has 1 aliphatic rings. The SMILES string of the molecule is C[C@H](O)CC1(O)c2ccccc2-c2ccccc21. The maximum atomic E-state index is 11.0. The van der Waals surface area contributed by atoms with Gasteiger partial charge in [-0.25, -0.2) is 0 Å². The van der Waals surface area contributed by atoms with Crippen molar-refractivity contribution in [3.63, 3.8) is 0 Å². The van der Waals surface area contributed by atoms with Crippen LogP contribution in [0.1, 0.15) is 24.5 Å². The molecule has 0 aromatic heterocycles. The average molecular weight is 240 g/mol. The van der Waals surface area contributed by atoms with Gasteiger partial charge in [0.25, 0.3) is 0 Å². The number of aliphatic hydroxyl groups excluding tert-OH is 1. The monoisotopic (exact) mass is 240 g/mol. The Kier molecular flexibility index (Phi) is 2.51. The molecule has 1 atom stereocenters. The van der Waals surface area contributed by atoms with Crippen LogP contribution in [0.3, 0.4) is 0 Å². The molecule has 0 saturated heterocycles. The van der Waals surface area contributed by atoms with E-state index in [1.165, 1.54) is 0 Å². The summed E-state index contributed by atoms with van der Waals surface area (Å²) in [6.07, 6.45) is -0.227. The summed E-state index contributed by atoms with van der Waals surface area (Å²) in [5, 5.41) is 20.7. The number of aliphatic hydroxyl groups is 2. The summed E-state index contributed by atoms with van der Waals surface area (Å²) in [4.78, 5) is 0. The molecule has 0 spiro atoms. The van der Waals surface area contributed by atoms with Crippen LogP contribution in [0.5, 0.6) is 0 Å². The summed E-state index contributed by atoms with van der Waals surface area (Å²) in [6.45, 7) is 1.71. The van der Waals surface area contributed by atoms with Gasteiger partial charge in [-0.15, -0.1) is 0 Å². The van der Waals surface area contributed by atoms with E-state index in [2.05, 4.69) is 0 Å². The molecule has 2 heteroatoms. The normalized spacial score (nSPS) is 17.1. The maximum Gasteiger partial charge on any atom is 0.118 e. The molecule has 0 aliphatic heterocycles. The number of hydrogen-bond donors (Lipinski definition) is 2. The molecule has 1 aliphatic carbocycles. The highest BCUT2D eigenvalue weighted by Gasteiger charge is 2.41. The number of fused-ring (bicyclic) bond motifs is 3. The van der Waals surface area contributed by atoms with Crippen LogP contribution in [0, 0.1) is 0 Å². The van der Waals surface area contributed by atoms with Crippen molar-refractivity contribution in [2.24, 2.45) is 0 Å². The lowest BCUT2D eigenvalue weighted by Gasteiger charge is -2.27. The van der Waals surface area contributed by atoms with E-state index >= 15 is 0 Å². The third kappa shape index (κ3) is 1.50. The van der Waals surface area contributed by atoms with Crippen molar-refractivity contribution in [2.75, 3.05) is 0 Å². The van der Waals surface area contributed by atoms with E-state index in [1.807, 2.05) is 48.5 Å². The van der Waals surface area contributed by atoms with Crippen LogP contribution in [-0.4, -0.2) is 16.3 Å². The highest BCUT2D eigenvalue weighted by atomic mass is 16.3. The molecule has 2 nitrogen and oxygen atoms in total. The molecule has 0 fully saturated rings. The fourth-order valence-corrected chi connectivity index (χ4v) is 2.95. The van der Waals surface area contributed by atoms with Gasteiger partial charge < -0.3 is 10.2 Å². The van der Waals surface area contributed by atoms with Gasteiger partial charge in [0.1, 0.15) is 5.60 Å². The first-order chi connectivity index (χ1) is 8.63. The molecular weight excluding hydrogens is 224 g/mol. The Morgan fingerprint density at radius 3 is 1.83 bits per heavy atom. The second-order valence-electron chi connectivity index (χ2n) is 5.00. The summed E-state index contributed by atoms with van der Waals surface area (Å²) in [5.74, 6) is 0. The van der Waals surface area contributed by atoms with Crippen molar-refractivity contribution in [1.29, 1.82) is 0 Å². The van der Waals surface area contributed by atoms with Gasteiger partial charge in [0.2, 0.25) is 0 Å². The van der Waals surface area contributed by atoms with Gasteiger partial charge in [-0.3, -0.25) is 0 Å². The standard InChI is InChI=1S/C16H16O2/c1-11(17)10-16(18)14-8-4-2-6-12(14)13-7-3-5-9-15(13)16/h2-9,11,17-18H,10H2,1H3/t11-/m0/s1. The highest BCUT2D eigenvalue weighted by Crippen LogP contribution is 2.49. The van der Waals surface area contributed by atoms with E-state index in [4.69, 9.17) is 0 Å². The van der Waals surface area contributed by atoms with Crippen molar-refractivity contribution >= 4 is 0 Å². The van der Waals surface area contributed by atoms with Crippen molar-refractivity contribution in [1.82, 2.24) is 0 Å². The largest absolute Gasteiger partial charge is 0.393 e. The minimum atomic E-state index is -1.07. The summed E-state index contributed by atoms with van der Waals surface area (Å²) >= 11 is 0. The van der Waals surface area contributed by atoms with Crippen LogP contribution < -0.4 is 0 Å². The average Bonchev–Trinajstić information content (AvgIpc) is 2.61. The number of benzene rings is 2. The Hall–Kier alpha value is -1.64. The maximum absolute atomic E-state index is 11.0. The van der Waals surface area contributed by atoms with Crippen LogP contribution in [-0.2, 0) is 5.60 Å². The zero-order valence-corrected chi connectivity index (χ0v) is 10.3. The number of hydrogen-bond acceptors (Lipinski definition) is 2. The second-order valence-corrected chi connectivity index (χ2v) is 5.00. The van der Waals surface area contributed by atoms with Crippen molar-refractivity contribution in [3.05, 3.63) is 59.7 Å². The molecule has 3 rings (SSSR count). The fourth-order valence-electron chi connectivity index (χ4n) is 2.95. The Bertz CT molecular complexity index is 542. The van der Waals surface area contributed by atoms with Crippen molar-refractivity contribution < 1.29 is 10.2 Å². The first-order valence-electron chi connectivity index (χ1n) is 6.23. The Balaban J connectivity index is 2.27. The summed E-state index contributed by atoms with van der Waals surface area (Å²) in [6, 6.07) is 15.7. The minimum absolute atomic E-state index is 0.320. The first kappa shape index (κ1) is 11.5. The Morgan fingerprint density at radius 2 is 1.39 bits per heavy atom. The molecule has 0 saturated carbocycles. The molecule has 0 amide bonds. The molecule has 18 heavy (non-hydrogen) atoms. The van der Waals surface area contributed by atoms with Gasteiger partial charge in [-0.1, -0.05) is 48.5 Å². The van der Waals surface area contributed by atoms with Gasteiger partial charge in [-0.2, -0.15) is 0 Å². The van der Waals surface area contributed by atoms with Crippen LogP contribution in [0.25, 0.3) is 11.1 Å². The summed E-state index contributed by atoms with van der Waals surface area (Å²) < 4.78 is 0. The third-order valence-electron chi connectivity index (χ3n) is 3.63. The molecule has 2 N–H and O–H groups in total. The Morgan fingerprint density at radius 1 is 0.944 bits per heavy atom. The fraction of sp³-hybridized carbons (Fsp3) is 0.250. The third-order valence-corrected chi connectivity index (χ3v) is 3.63. The lowest BCUT2D eigenvalue weighted by atomic mass is 9.86. The van der Waals surface area contributed by atoms with Gasteiger partial charge in [0, 0.05) is 6.42 Å². The van der Waals surface area contributed by atoms with Crippen LogP contribution >= 0.6 is 0 Å². The van der Waals surface area contributed by atoms with E-state index < -0.39 is 11.7 Å². The zero-order valence-electron chi connectivity index (χ0n) is 10.3. The van der Waals surface area contributed by atoms with Crippen LogP contribution in [0.4, 0.5) is 0 Å². The molecule has 2 aromatic rings. The predicted molar refractivity (Wildman–Crippen MR) is 71.2 cm³/mol. The number of rotatable bonds is 2. The Labute approximate surface area is 107 Å². The van der Waals surface area contributed by atoms with E-state index in [0.29, 0.717) is 6.42 Å². The molecule has 0 radical (unpaired) electrons. The summed E-state index contributed by atoms with van der Waals surface area (Å²) in [5.41, 5.74) is 2.85. The lowest BCUT2D eigenvalue weighted by molar-refractivity contribution is 0.0273. The summed E-state index contributed by atoms with van der Waals surface area (Å²) in [7, 11) is 0. The van der Waals surface area contributed by atoms with Crippen LogP contribution in [0.15, 0.2) is 48.5 Å². The van der Waals surface area contributed by atoms with E-state index in [-0.39, 0.29) is 0 Å². The quantitative estimate of drug-likeness (QED) is 0.847. The van der Waals surface area contributed by atoms with Gasteiger partial charge in [-0.05, 0) is 29.2 Å². The smallest absolute Gasteiger partial charge is 0.118 e. The van der Waals surface area contributed by atoms with Crippen LogP contribution in [0.2, 0.25) is 0 Å². The van der Waals surface area contributed by atoms with Crippen molar-refractivity contribution in [3.8, 4) is 11.1 Å². The highest BCUT2D eigenvalue weighted by molar-refractivity contribution is 5.79. The zero-order chi connectivity index (χ0) is 12.8. The van der Waals surface area contributed by atoms with Crippen molar-refractivity contribution in [2.45, 2.75) is 25.0 Å². The van der Waals surface area contributed by atoms with Gasteiger partial charge in [0.15, 0.2) is 0 Å².